The Balaban J connectivity index is 2.38. The molecule has 0 spiro atoms. The van der Waals surface area contributed by atoms with E-state index >= 15 is 0 Å². The molecule has 2 rings (SSSR count). The molecule has 4 N–H and O–H groups in total. The molecule has 8 atom stereocenters. The molecule has 0 saturated carbocycles. The predicted molar refractivity (Wildman–Crippen MR) is 159 cm³/mol. The number of carbonyl (C=O) groups is 2. The molecule has 1 fully saturated rings. The van der Waals surface area contributed by atoms with Crippen molar-refractivity contribution in [3.05, 3.63) is 71.4 Å². The molecule has 2 aliphatic rings. The summed E-state index contributed by atoms with van der Waals surface area (Å²) in [4.78, 5) is 25.4. The van der Waals surface area contributed by atoms with Crippen molar-refractivity contribution in [3.63, 3.8) is 0 Å². The van der Waals surface area contributed by atoms with Crippen molar-refractivity contribution < 1.29 is 39.5 Å². The minimum absolute atomic E-state index is 0.0435. The molecule has 2 aliphatic heterocycles. The first-order valence-electron chi connectivity index (χ1n) is 14.5. The van der Waals surface area contributed by atoms with Crippen molar-refractivity contribution in [2.45, 2.75) is 110 Å². The lowest BCUT2D eigenvalue weighted by atomic mass is 9.79. The Kier molecular flexibility index (Phi) is 13.6. The molecule has 0 bridgehead atoms. The number of rotatable bonds is 4. The van der Waals surface area contributed by atoms with Gasteiger partial charge in [-0.15, -0.1) is 0 Å². The fourth-order valence-corrected chi connectivity index (χ4v) is 5.09. The Bertz CT molecular complexity index is 1080. The van der Waals surface area contributed by atoms with Crippen LogP contribution < -0.4 is 0 Å². The van der Waals surface area contributed by atoms with E-state index in [9.17, 15) is 30.0 Å². The number of ketones is 1. The van der Waals surface area contributed by atoms with Gasteiger partial charge in [-0.05, 0) is 44.1 Å². The zero-order valence-electron chi connectivity index (χ0n) is 25.2. The van der Waals surface area contributed by atoms with Crippen molar-refractivity contribution in [2.75, 3.05) is 0 Å². The van der Waals surface area contributed by atoms with Crippen LogP contribution in [0, 0.1) is 11.8 Å². The second-order valence-electron chi connectivity index (χ2n) is 11.4. The summed E-state index contributed by atoms with van der Waals surface area (Å²) in [5.74, 6) is -3.06. The molecule has 0 amide bonds. The first-order valence-corrected chi connectivity index (χ1v) is 14.5. The molecule has 1 saturated heterocycles. The number of allylic oxidation sites excluding steroid dienone is 6. The zero-order chi connectivity index (χ0) is 30.7. The number of esters is 1. The minimum Gasteiger partial charge on any atom is -0.461 e. The Morgan fingerprint density at radius 2 is 1.78 bits per heavy atom. The van der Waals surface area contributed by atoms with E-state index in [2.05, 4.69) is 0 Å². The van der Waals surface area contributed by atoms with E-state index in [-0.39, 0.29) is 24.7 Å². The van der Waals surface area contributed by atoms with Crippen molar-refractivity contribution in [1.82, 2.24) is 0 Å². The van der Waals surface area contributed by atoms with E-state index in [1.807, 2.05) is 20.8 Å². The number of aliphatic hydroxyl groups is 4. The fraction of sp³-hybridized carbons (Fsp3) is 0.576. The molecule has 0 unspecified atom stereocenters. The summed E-state index contributed by atoms with van der Waals surface area (Å²) in [5, 5.41) is 42.6. The number of carbonyl (C=O) groups excluding carboxylic acids is 2. The highest BCUT2D eigenvalue weighted by atomic mass is 16.6. The second kappa shape index (κ2) is 16.1. The summed E-state index contributed by atoms with van der Waals surface area (Å²) in [6.45, 7) is 10.8. The Hall–Kier alpha value is -2.62. The monoisotopic (exact) mass is 572 g/mol. The highest BCUT2D eigenvalue weighted by molar-refractivity contribution is 5.99. The molecule has 41 heavy (non-hydrogen) atoms. The summed E-state index contributed by atoms with van der Waals surface area (Å²) in [5.41, 5.74) is 1.72. The zero-order valence-corrected chi connectivity index (χ0v) is 25.2. The number of hydrogen-bond donors (Lipinski definition) is 4. The van der Waals surface area contributed by atoms with Gasteiger partial charge in [-0.1, -0.05) is 75.3 Å². The summed E-state index contributed by atoms with van der Waals surface area (Å²) >= 11 is 0. The number of hydrogen-bond acceptors (Lipinski definition) is 8. The standard InChI is InChI=1S/C33H48O8/c1-7-18-33(39)20-28(36)24(5)32(41-33)25(6)29-15-10-8-9-14-26(34)31(38)23(4)13-11-12-21(2)19-27(35)22(3)16-17-30(37)40-29/h8-14,16,19,24-29,32,34-36,39H,7,15,17-18,20H2,1-6H3/b10-8+,12-11+,14-9+,21-19+,22-16+,23-13+/t24-,25-,26+,27-,28+,29+,32-,33-/m1/s1. The van der Waals surface area contributed by atoms with Gasteiger partial charge < -0.3 is 29.9 Å². The molecule has 0 radical (unpaired) electrons. The second-order valence-corrected chi connectivity index (χ2v) is 11.4. The third kappa shape index (κ3) is 10.6. The van der Waals surface area contributed by atoms with Crippen molar-refractivity contribution in [2.24, 2.45) is 11.8 Å². The minimum atomic E-state index is -1.46. The highest BCUT2D eigenvalue weighted by Gasteiger charge is 2.47. The molecular weight excluding hydrogens is 524 g/mol. The van der Waals surface area contributed by atoms with Crippen molar-refractivity contribution in [3.8, 4) is 0 Å². The third-order valence-corrected chi connectivity index (χ3v) is 7.79. The maximum atomic E-state index is 12.9. The van der Waals surface area contributed by atoms with E-state index in [4.69, 9.17) is 9.47 Å². The van der Waals surface area contributed by atoms with Crippen molar-refractivity contribution in [1.29, 1.82) is 0 Å². The van der Waals surface area contributed by atoms with Crippen LogP contribution in [0.1, 0.15) is 73.6 Å². The quantitative estimate of drug-likeness (QED) is 0.288. The van der Waals surface area contributed by atoms with Gasteiger partial charge in [0.2, 0.25) is 0 Å². The first-order chi connectivity index (χ1) is 19.3. The van der Waals surface area contributed by atoms with Crippen LogP contribution in [0.3, 0.4) is 0 Å². The predicted octanol–water partition coefficient (Wildman–Crippen LogP) is 4.40. The molecule has 0 aliphatic carbocycles. The maximum Gasteiger partial charge on any atom is 0.309 e. The smallest absolute Gasteiger partial charge is 0.309 e. The van der Waals surface area contributed by atoms with E-state index in [0.717, 1.165) is 5.57 Å². The molecule has 2 heterocycles. The van der Waals surface area contributed by atoms with Gasteiger partial charge in [0.05, 0.1) is 24.7 Å². The van der Waals surface area contributed by atoms with Crippen LogP contribution in [0.25, 0.3) is 0 Å². The Morgan fingerprint density at radius 1 is 1.07 bits per heavy atom. The van der Waals surface area contributed by atoms with Gasteiger partial charge >= 0.3 is 5.97 Å². The molecule has 228 valence electrons. The molecule has 8 nitrogen and oxygen atoms in total. The lowest BCUT2D eigenvalue weighted by molar-refractivity contribution is -0.303. The summed E-state index contributed by atoms with van der Waals surface area (Å²) in [6.07, 6.45) is 11.9. The Morgan fingerprint density at radius 3 is 2.46 bits per heavy atom. The van der Waals surface area contributed by atoms with Crippen LogP contribution in [0.5, 0.6) is 0 Å². The van der Waals surface area contributed by atoms with Gasteiger partial charge in [0.1, 0.15) is 12.2 Å². The van der Waals surface area contributed by atoms with E-state index in [1.54, 1.807) is 69.4 Å². The van der Waals surface area contributed by atoms with Gasteiger partial charge in [0, 0.05) is 31.1 Å². The van der Waals surface area contributed by atoms with Crippen LogP contribution in [0.2, 0.25) is 0 Å². The molecule has 0 aromatic rings. The van der Waals surface area contributed by atoms with Crippen molar-refractivity contribution >= 4 is 11.8 Å². The summed E-state index contributed by atoms with van der Waals surface area (Å²) in [7, 11) is 0. The van der Waals surface area contributed by atoms with E-state index < -0.39 is 48.1 Å². The first kappa shape index (κ1) is 34.6. The number of Topliss-reactive ketones (excluding diaryl/α,β-unsaturated/α-hetero) is 1. The van der Waals surface area contributed by atoms with E-state index in [0.29, 0.717) is 30.4 Å². The van der Waals surface area contributed by atoms with Crippen LogP contribution >= 0.6 is 0 Å². The largest absolute Gasteiger partial charge is 0.461 e. The third-order valence-electron chi connectivity index (χ3n) is 7.79. The number of cyclic esters (lactones) is 1. The maximum absolute atomic E-state index is 12.9. The van der Waals surface area contributed by atoms with Gasteiger partial charge in [0.25, 0.3) is 0 Å². The van der Waals surface area contributed by atoms with Gasteiger partial charge in [-0.25, -0.2) is 0 Å². The van der Waals surface area contributed by atoms with Gasteiger partial charge in [-0.2, -0.15) is 0 Å². The topological polar surface area (TPSA) is 134 Å². The molecular formula is C33H48O8. The van der Waals surface area contributed by atoms with Crippen LogP contribution in [0.15, 0.2) is 71.4 Å². The average Bonchev–Trinajstić information content (AvgIpc) is 2.91. The summed E-state index contributed by atoms with van der Waals surface area (Å²) in [6, 6.07) is 0. The lowest BCUT2D eigenvalue weighted by Crippen LogP contribution is -2.54. The lowest BCUT2D eigenvalue weighted by Gasteiger charge is -2.46. The fourth-order valence-electron chi connectivity index (χ4n) is 5.09. The molecule has 0 aromatic heterocycles. The summed E-state index contributed by atoms with van der Waals surface area (Å²) < 4.78 is 12.0. The molecule has 8 heteroatoms. The number of ether oxygens (including phenoxy) is 2. The SMILES string of the molecule is CCC[C@]1(O)C[C@H](O)[C@@H](C)[C@H]([C@H](C)[C@@H]2C/C=C/C=C/[C@H](O)C(=O)/C(C)=C/C=C/C(C)=C/[C@@H](O)/C(C)=C/CC(=O)O2)O1. The highest BCUT2D eigenvalue weighted by Crippen LogP contribution is 2.39. The van der Waals surface area contributed by atoms with Crippen LogP contribution in [-0.2, 0) is 19.1 Å². The average molecular weight is 573 g/mol. The van der Waals surface area contributed by atoms with Gasteiger partial charge in [-0.3, -0.25) is 9.59 Å². The Labute approximate surface area is 244 Å². The molecule has 0 aromatic carbocycles. The van der Waals surface area contributed by atoms with E-state index in [1.165, 1.54) is 6.08 Å². The van der Waals surface area contributed by atoms with Crippen LogP contribution in [0.4, 0.5) is 0 Å². The van der Waals surface area contributed by atoms with Crippen LogP contribution in [-0.4, -0.2) is 68.5 Å². The number of aliphatic hydroxyl groups excluding tert-OH is 3. The van der Waals surface area contributed by atoms with Gasteiger partial charge in [0.15, 0.2) is 11.6 Å². The normalized spacial score (nSPS) is 40.0.